The highest BCUT2D eigenvalue weighted by molar-refractivity contribution is 5.32. The molecule has 122 valence electrons. The highest BCUT2D eigenvalue weighted by Crippen LogP contribution is 2.23. The van der Waals surface area contributed by atoms with E-state index in [0.29, 0.717) is 0 Å². The third kappa shape index (κ3) is 4.20. The summed E-state index contributed by atoms with van der Waals surface area (Å²) in [6.07, 6.45) is 10.5. The van der Waals surface area contributed by atoms with E-state index in [4.69, 9.17) is 0 Å². The molecule has 23 heavy (non-hydrogen) atoms. The van der Waals surface area contributed by atoms with Crippen LogP contribution in [0.4, 0.5) is 0 Å². The number of nitrogens with zero attached hydrogens (tertiary/aromatic N) is 1. The molecule has 2 heteroatoms. The Morgan fingerprint density at radius 3 is 2.70 bits per heavy atom. The van der Waals surface area contributed by atoms with Gasteiger partial charge in [-0.1, -0.05) is 31.2 Å². The molecule has 0 radical (unpaired) electrons. The van der Waals surface area contributed by atoms with Crippen LogP contribution in [0.15, 0.2) is 36.5 Å². The largest absolute Gasteiger partial charge is 0.313 e. The highest BCUT2D eigenvalue weighted by atomic mass is 14.8. The van der Waals surface area contributed by atoms with Gasteiger partial charge in [0.2, 0.25) is 0 Å². The summed E-state index contributed by atoms with van der Waals surface area (Å²) in [5.74, 6) is 0. The Balaban J connectivity index is 1.47. The van der Waals surface area contributed by atoms with Crippen LogP contribution in [0.5, 0.6) is 0 Å². The summed E-state index contributed by atoms with van der Waals surface area (Å²) in [5.41, 5.74) is 7.35. The molecule has 1 aliphatic carbocycles. The molecule has 0 bridgehead atoms. The van der Waals surface area contributed by atoms with Crippen molar-refractivity contribution in [3.05, 3.63) is 64.5 Å². The average molecular weight is 308 g/mol. The molecule has 1 heterocycles. The number of hydrogen-bond acceptors (Lipinski definition) is 2. The summed E-state index contributed by atoms with van der Waals surface area (Å²) < 4.78 is 0. The Morgan fingerprint density at radius 2 is 1.83 bits per heavy atom. The summed E-state index contributed by atoms with van der Waals surface area (Å²) in [7, 11) is 0. The monoisotopic (exact) mass is 308 g/mol. The summed E-state index contributed by atoms with van der Waals surface area (Å²) in [6.45, 7) is 4.29. The minimum absolute atomic E-state index is 0.985. The van der Waals surface area contributed by atoms with E-state index in [-0.39, 0.29) is 0 Å². The molecule has 0 spiro atoms. The second-order valence-corrected chi connectivity index (χ2v) is 6.51. The molecule has 0 atom stereocenters. The lowest BCUT2D eigenvalue weighted by Crippen LogP contribution is -2.17. The molecular formula is C21H28N2. The fourth-order valence-electron chi connectivity index (χ4n) is 3.63. The lowest BCUT2D eigenvalue weighted by atomic mass is 9.91. The van der Waals surface area contributed by atoms with Crippen molar-refractivity contribution < 1.29 is 0 Å². The van der Waals surface area contributed by atoms with Gasteiger partial charge in [0.1, 0.15) is 0 Å². The van der Waals surface area contributed by atoms with Crippen LogP contribution >= 0.6 is 0 Å². The van der Waals surface area contributed by atoms with Crippen molar-refractivity contribution in [2.45, 2.75) is 58.4 Å². The summed E-state index contributed by atoms with van der Waals surface area (Å²) >= 11 is 0. The molecule has 0 saturated carbocycles. The first-order valence-electron chi connectivity index (χ1n) is 9.11. The second-order valence-electron chi connectivity index (χ2n) is 6.51. The van der Waals surface area contributed by atoms with Gasteiger partial charge in [-0.15, -0.1) is 0 Å². The van der Waals surface area contributed by atoms with Crippen LogP contribution in [-0.2, 0) is 32.2 Å². The Hall–Kier alpha value is -1.67. The second kappa shape index (κ2) is 8.26. The van der Waals surface area contributed by atoms with Gasteiger partial charge in [-0.2, -0.15) is 0 Å². The molecule has 0 aliphatic heterocycles. The molecule has 0 unspecified atom stereocenters. The van der Waals surface area contributed by atoms with E-state index in [9.17, 15) is 0 Å². The van der Waals surface area contributed by atoms with Crippen LogP contribution in [0, 0.1) is 0 Å². The van der Waals surface area contributed by atoms with Crippen LogP contribution < -0.4 is 5.32 Å². The zero-order valence-corrected chi connectivity index (χ0v) is 14.3. The maximum Gasteiger partial charge on any atom is 0.0438 e. The fourth-order valence-corrected chi connectivity index (χ4v) is 3.63. The van der Waals surface area contributed by atoms with E-state index in [1.165, 1.54) is 60.9 Å². The van der Waals surface area contributed by atoms with E-state index < -0.39 is 0 Å². The Labute approximate surface area is 140 Å². The van der Waals surface area contributed by atoms with Gasteiger partial charge in [0.25, 0.3) is 0 Å². The van der Waals surface area contributed by atoms with Gasteiger partial charge in [0.05, 0.1) is 0 Å². The van der Waals surface area contributed by atoms with Crippen LogP contribution in [0.2, 0.25) is 0 Å². The van der Waals surface area contributed by atoms with E-state index in [0.717, 1.165) is 19.5 Å². The first-order valence-corrected chi connectivity index (χ1v) is 9.11. The lowest BCUT2D eigenvalue weighted by molar-refractivity contribution is 0.631. The molecule has 0 saturated heterocycles. The molecule has 0 amide bonds. The molecule has 0 fully saturated rings. The molecule has 2 aromatic rings. The van der Waals surface area contributed by atoms with Gasteiger partial charge in [0, 0.05) is 18.4 Å². The van der Waals surface area contributed by atoms with Crippen LogP contribution in [0.3, 0.4) is 0 Å². The van der Waals surface area contributed by atoms with Crippen molar-refractivity contribution >= 4 is 0 Å². The van der Waals surface area contributed by atoms with Crippen molar-refractivity contribution in [1.82, 2.24) is 10.3 Å². The van der Waals surface area contributed by atoms with Gasteiger partial charge < -0.3 is 5.32 Å². The van der Waals surface area contributed by atoms with Crippen LogP contribution in [-0.4, -0.2) is 11.5 Å². The predicted molar refractivity (Wildman–Crippen MR) is 96.7 cm³/mol. The summed E-state index contributed by atoms with van der Waals surface area (Å²) in [5, 5.41) is 3.61. The number of pyridine rings is 1. The van der Waals surface area contributed by atoms with Gasteiger partial charge in [-0.05, 0) is 79.8 Å². The topological polar surface area (TPSA) is 24.9 Å². The number of benzene rings is 1. The number of rotatable bonds is 7. The minimum Gasteiger partial charge on any atom is -0.313 e. The Kier molecular flexibility index (Phi) is 5.82. The first-order chi connectivity index (χ1) is 11.4. The van der Waals surface area contributed by atoms with Crippen LogP contribution in [0.25, 0.3) is 0 Å². The molecule has 1 aromatic heterocycles. The van der Waals surface area contributed by atoms with Gasteiger partial charge in [-0.25, -0.2) is 0 Å². The average Bonchev–Trinajstić information content (AvgIpc) is 2.62. The van der Waals surface area contributed by atoms with Crippen molar-refractivity contribution in [3.8, 4) is 0 Å². The third-order valence-corrected chi connectivity index (χ3v) is 4.95. The Bertz CT molecular complexity index is 633. The summed E-state index contributed by atoms with van der Waals surface area (Å²) in [4.78, 5) is 4.57. The third-order valence-electron chi connectivity index (χ3n) is 4.95. The maximum atomic E-state index is 4.57. The van der Waals surface area contributed by atoms with E-state index in [1.54, 1.807) is 5.56 Å². The Morgan fingerprint density at radius 1 is 1.00 bits per heavy atom. The quantitative estimate of drug-likeness (QED) is 0.774. The standard InChI is InChI=1S/C21H28N2/c1-2-17-8-3-4-9-19(17)16-22-14-7-10-18-13-15-23-21-12-6-5-11-20(18)21/h3-4,8-9,13,15,22H,2,5-7,10-12,14,16H2,1H3. The molecule has 3 rings (SSSR count). The minimum atomic E-state index is 0.985. The zero-order valence-electron chi connectivity index (χ0n) is 14.3. The van der Waals surface area contributed by atoms with E-state index in [1.807, 2.05) is 6.20 Å². The molecular weight excluding hydrogens is 280 g/mol. The van der Waals surface area contributed by atoms with Gasteiger partial charge in [-0.3, -0.25) is 4.98 Å². The van der Waals surface area contributed by atoms with E-state index in [2.05, 4.69) is 47.6 Å². The number of hydrogen-bond donors (Lipinski definition) is 1. The van der Waals surface area contributed by atoms with Crippen molar-refractivity contribution in [2.75, 3.05) is 6.54 Å². The number of nitrogens with one attached hydrogen (secondary N) is 1. The molecule has 1 aromatic carbocycles. The number of aryl methyl sites for hydroxylation is 3. The molecule has 1 N–H and O–H groups in total. The number of aromatic nitrogens is 1. The normalized spacial score (nSPS) is 13.8. The SMILES string of the molecule is CCc1ccccc1CNCCCc1ccnc2c1CCCC2. The van der Waals surface area contributed by atoms with Crippen molar-refractivity contribution in [1.29, 1.82) is 0 Å². The van der Waals surface area contributed by atoms with Crippen molar-refractivity contribution in [2.24, 2.45) is 0 Å². The van der Waals surface area contributed by atoms with Gasteiger partial charge >= 0.3 is 0 Å². The predicted octanol–water partition coefficient (Wildman–Crippen LogP) is 4.25. The highest BCUT2D eigenvalue weighted by Gasteiger charge is 2.13. The zero-order chi connectivity index (χ0) is 15.9. The van der Waals surface area contributed by atoms with Crippen molar-refractivity contribution in [3.63, 3.8) is 0 Å². The fraction of sp³-hybridized carbons (Fsp3) is 0.476. The van der Waals surface area contributed by atoms with Crippen LogP contribution in [0.1, 0.15) is 54.1 Å². The number of fused-ring (bicyclic) bond motifs is 1. The van der Waals surface area contributed by atoms with E-state index >= 15 is 0 Å². The van der Waals surface area contributed by atoms with Gasteiger partial charge in [0.15, 0.2) is 0 Å². The maximum absolute atomic E-state index is 4.57. The summed E-state index contributed by atoms with van der Waals surface area (Å²) in [6, 6.07) is 11.0. The smallest absolute Gasteiger partial charge is 0.0438 e. The molecule has 2 nitrogen and oxygen atoms in total. The lowest BCUT2D eigenvalue weighted by Gasteiger charge is -2.18. The molecule has 1 aliphatic rings. The first kappa shape index (κ1) is 16.2.